The van der Waals surface area contributed by atoms with Crippen molar-refractivity contribution in [3.8, 4) is 0 Å². The van der Waals surface area contributed by atoms with Gasteiger partial charge < -0.3 is 10.2 Å². The van der Waals surface area contributed by atoms with E-state index in [9.17, 15) is 0 Å². The van der Waals surface area contributed by atoms with Gasteiger partial charge in [0.15, 0.2) is 5.96 Å². The minimum atomic E-state index is 0.630. The number of aliphatic imine (C=N–C) groups is 1. The molecule has 0 fully saturated rings. The van der Waals surface area contributed by atoms with Crippen LogP contribution in [0.25, 0.3) is 0 Å². The van der Waals surface area contributed by atoms with Crippen LogP contribution in [0.2, 0.25) is 10.0 Å². The molecule has 0 aliphatic carbocycles. The van der Waals surface area contributed by atoms with Gasteiger partial charge >= 0.3 is 0 Å². The van der Waals surface area contributed by atoms with Crippen molar-refractivity contribution in [3.05, 3.63) is 50.6 Å². The minimum absolute atomic E-state index is 0.630. The molecule has 1 aromatic carbocycles. The van der Waals surface area contributed by atoms with Gasteiger partial charge in [-0.05, 0) is 23.6 Å². The highest BCUT2D eigenvalue weighted by Gasteiger charge is 2.22. The van der Waals surface area contributed by atoms with Crippen LogP contribution < -0.4 is 10.2 Å². The van der Waals surface area contributed by atoms with Gasteiger partial charge in [-0.1, -0.05) is 35.3 Å². The Kier molecular flexibility index (Phi) is 4.15. The lowest BCUT2D eigenvalue weighted by Crippen LogP contribution is -2.38. The van der Waals surface area contributed by atoms with Crippen LogP contribution in [0.4, 0.5) is 5.69 Å². The first-order valence-electron chi connectivity index (χ1n) is 6.28. The number of nitrogens with one attached hydrogen (secondary N) is 1. The number of rotatable bonds is 3. The highest BCUT2D eigenvalue weighted by molar-refractivity contribution is 7.09. The van der Waals surface area contributed by atoms with Gasteiger partial charge in [0.05, 0.1) is 28.8 Å². The van der Waals surface area contributed by atoms with Gasteiger partial charge in [0.25, 0.3) is 0 Å². The van der Waals surface area contributed by atoms with Crippen molar-refractivity contribution in [2.24, 2.45) is 4.99 Å². The molecule has 0 saturated carbocycles. The molecular weight excluding hydrogens is 313 g/mol. The SMILES string of the molecule is Clc1cccc(Cl)c1N(Cc1cccs1)C1=NCCN1. The fourth-order valence-corrected chi connectivity index (χ4v) is 3.43. The van der Waals surface area contributed by atoms with Gasteiger partial charge in [0, 0.05) is 11.4 Å². The minimum Gasteiger partial charge on any atom is -0.354 e. The largest absolute Gasteiger partial charge is 0.354 e. The van der Waals surface area contributed by atoms with Gasteiger partial charge in [-0.15, -0.1) is 11.3 Å². The Morgan fingerprint density at radius 3 is 2.60 bits per heavy atom. The summed E-state index contributed by atoms with van der Waals surface area (Å²) >= 11 is 14.4. The quantitative estimate of drug-likeness (QED) is 0.922. The summed E-state index contributed by atoms with van der Waals surface area (Å²) in [5.41, 5.74) is 0.803. The maximum absolute atomic E-state index is 6.34. The first-order valence-corrected chi connectivity index (χ1v) is 7.91. The number of hydrogen-bond donors (Lipinski definition) is 1. The summed E-state index contributed by atoms with van der Waals surface area (Å²) in [6.07, 6.45) is 0. The maximum Gasteiger partial charge on any atom is 0.199 e. The molecule has 20 heavy (non-hydrogen) atoms. The molecule has 0 amide bonds. The molecule has 0 radical (unpaired) electrons. The summed E-state index contributed by atoms with van der Waals surface area (Å²) in [7, 11) is 0. The van der Waals surface area contributed by atoms with Crippen LogP contribution >= 0.6 is 34.5 Å². The molecule has 1 aliphatic heterocycles. The van der Waals surface area contributed by atoms with E-state index in [0.29, 0.717) is 16.6 Å². The van der Waals surface area contributed by atoms with Crippen molar-refractivity contribution in [2.75, 3.05) is 18.0 Å². The smallest absolute Gasteiger partial charge is 0.199 e. The van der Waals surface area contributed by atoms with Gasteiger partial charge in [-0.25, -0.2) is 0 Å². The summed E-state index contributed by atoms with van der Waals surface area (Å²) in [4.78, 5) is 7.77. The van der Waals surface area contributed by atoms with Crippen molar-refractivity contribution < 1.29 is 0 Å². The predicted octanol–water partition coefficient (Wildman–Crippen LogP) is 4.02. The fourth-order valence-electron chi connectivity index (χ4n) is 2.13. The topological polar surface area (TPSA) is 27.6 Å². The number of para-hydroxylation sites is 1. The Labute approximate surface area is 131 Å². The average Bonchev–Trinajstić information content (AvgIpc) is 3.10. The number of guanidine groups is 1. The zero-order chi connectivity index (χ0) is 13.9. The molecule has 1 aliphatic rings. The highest BCUT2D eigenvalue weighted by atomic mass is 35.5. The molecule has 1 N–H and O–H groups in total. The average molecular weight is 326 g/mol. The summed E-state index contributed by atoms with van der Waals surface area (Å²) in [6, 6.07) is 9.68. The van der Waals surface area contributed by atoms with Gasteiger partial charge in [0.2, 0.25) is 0 Å². The van der Waals surface area contributed by atoms with Gasteiger partial charge in [-0.2, -0.15) is 0 Å². The predicted molar refractivity (Wildman–Crippen MR) is 87.3 cm³/mol. The van der Waals surface area contributed by atoms with E-state index in [-0.39, 0.29) is 0 Å². The van der Waals surface area contributed by atoms with E-state index >= 15 is 0 Å². The molecule has 2 aromatic rings. The van der Waals surface area contributed by atoms with E-state index in [2.05, 4.69) is 21.8 Å². The molecule has 0 bridgehead atoms. The molecule has 0 saturated heterocycles. The van der Waals surface area contributed by atoms with Gasteiger partial charge in [0.1, 0.15) is 0 Å². The summed E-state index contributed by atoms with van der Waals surface area (Å²) < 4.78 is 0. The van der Waals surface area contributed by atoms with Gasteiger partial charge in [-0.3, -0.25) is 4.99 Å². The lowest BCUT2D eigenvalue weighted by atomic mass is 10.2. The van der Waals surface area contributed by atoms with Crippen LogP contribution in [0.3, 0.4) is 0 Å². The summed E-state index contributed by atoms with van der Waals surface area (Å²) in [5, 5.41) is 6.61. The molecule has 3 nitrogen and oxygen atoms in total. The normalized spacial score (nSPS) is 14.0. The van der Waals surface area contributed by atoms with Crippen molar-refractivity contribution in [1.82, 2.24) is 5.32 Å². The second-order valence-corrected chi connectivity index (χ2v) is 6.21. The molecule has 104 valence electrons. The molecule has 0 unspecified atom stereocenters. The molecule has 6 heteroatoms. The Morgan fingerprint density at radius 1 is 1.20 bits per heavy atom. The van der Waals surface area contributed by atoms with Crippen molar-refractivity contribution in [3.63, 3.8) is 0 Å². The Balaban J connectivity index is 2.00. The van der Waals surface area contributed by atoms with E-state index < -0.39 is 0 Å². The van der Waals surface area contributed by atoms with Crippen LogP contribution in [-0.2, 0) is 6.54 Å². The highest BCUT2D eigenvalue weighted by Crippen LogP contribution is 2.35. The standard InChI is InChI=1S/C14H13Cl2N3S/c15-11-4-1-5-12(16)13(11)19(14-17-6-7-18-14)9-10-3-2-8-20-10/h1-5,8H,6-7,9H2,(H,17,18). The number of thiophene rings is 1. The fraction of sp³-hybridized carbons (Fsp3) is 0.214. The van der Waals surface area contributed by atoms with E-state index in [1.165, 1.54) is 4.88 Å². The van der Waals surface area contributed by atoms with E-state index in [0.717, 1.165) is 24.7 Å². The molecule has 0 atom stereocenters. The lowest BCUT2D eigenvalue weighted by Gasteiger charge is -2.26. The number of hydrogen-bond acceptors (Lipinski definition) is 4. The molecule has 0 spiro atoms. The Morgan fingerprint density at radius 2 is 2.00 bits per heavy atom. The Hall–Kier alpha value is -1.23. The van der Waals surface area contributed by atoms with Crippen LogP contribution in [0, 0.1) is 0 Å². The molecule has 2 heterocycles. The first kappa shape index (κ1) is 13.7. The number of benzene rings is 1. The third-order valence-electron chi connectivity index (χ3n) is 3.01. The monoisotopic (exact) mass is 325 g/mol. The molecular formula is C14H13Cl2N3S. The summed E-state index contributed by atoms with van der Waals surface area (Å²) in [5.74, 6) is 0.827. The maximum atomic E-state index is 6.34. The molecule has 3 rings (SSSR count). The third-order valence-corrected chi connectivity index (χ3v) is 4.48. The number of halogens is 2. The van der Waals surface area contributed by atoms with Crippen LogP contribution in [0.1, 0.15) is 4.88 Å². The second-order valence-electron chi connectivity index (χ2n) is 4.37. The number of anilines is 1. The lowest BCUT2D eigenvalue weighted by molar-refractivity contribution is 0.930. The van der Waals surface area contributed by atoms with E-state index in [1.54, 1.807) is 11.3 Å². The Bertz CT molecular complexity index is 605. The van der Waals surface area contributed by atoms with E-state index in [1.807, 2.05) is 29.2 Å². The number of nitrogens with zero attached hydrogens (tertiary/aromatic N) is 2. The molecule has 1 aromatic heterocycles. The second kappa shape index (κ2) is 6.04. The zero-order valence-electron chi connectivity index (χ0n) is 10.6. The third kappa shape index (κ3) is 2.77. The van der Waals surface area contributed by atoms with Crippen LogP contribution in [0.15, 0.2) is 40.7 Å². The van der Waals surface area contributed by atoms with Crippen LogP contribution in [-0.4, -0.2) is 19.0 Å². The summed E-state index contributed by atoms with van der Waals surface area (Å²) in [6.45, 7) is 2.32. The zero-order valence-corrected chi connectivity index (χ0v) is 13.0. The van der Waals surface area contributed by atoms with Crippen molar-refractivity contribution >= 4 is 46.2 Å². The van der Waals surface area contributed by atoms with Crippen molar-refractivity contribution in [1.29, 1.82) is 0 Å². The van der Waals surface area contributed by atoms with Crippen LogP contribution in [0.5, 0.6) is 0 Å². The van der Waals surface area contributed by atoms with E-state index in [4.69, 9.17) is 23.2 Å². The first-order chi connectivity index (χ1) is 9.75. The van der Waals surface area contributed by atoms with Crippen molar-refractivity contribution in [2.45, 2.75) is 6.54 Å².